The first-order chi connectivity index (χ1) is 9.61. The minimum Gasteiger partial charge on any atom is -0.490 e. The SMILES string of the molecule is CCOc1cc(C(=N)n2cnnc2)ccc1OC(C)=O. The fraction of sp³-hybridized carbons (Fsp3) is 0.231. The minimum atomic E-state index is -0.424. The van der Waals surface area contributed by atoms with E-state index in [-0.39, 0.29) is 5.84 Å². The number of hydrogen-bond acceptors (Lipinski definition) is 6. The van der Waals surface area contributed by atoms with Crippen molar-refractivity contribution in [1.82, 2.24) is 14.8 Å². The van der Waals surface area contributed by atoms with Gasteiger partial charge in [0.25, 0.3) is 0 Å². The van der Waals surface area contributed by atoms with Gasteiger partial charge >= 0.3 is 5.97 Å². The summed E-state index contributed by atoms with van der Waals surface area (Å²) in [6.45, 7) is 3.58. The van der Waals surface area contributed by atoms with Gasteiger partial charge < -0.3 is 9.47 Å². The summed E-state index contributed by atoms with van der Waals surface area (Å²) in [5.41, 5.74) is 0.601. The Bertz CT molecular complexity index is 623. The maximum atomic E-state index is 11.0. The van der Waals surface area contributed by atoms with Crippen LogP contribution >= 0.6 is 0 Å². The topological polar surface area (TPSA) is 90.1 Å². The second-order valence-corrected chi connectivity index (χ2v) is 3.91. The van der Waals surface area contributed by atoms with Crippen molar-refractivity contribution in [2.45, 2.75) is 13.8 Å². The van der Waals surface area contributed by atoms with Crippen LogP contribution in [-0.2, 0) is 4.79 Å². The van der Waals surface area contributed by atoms with Crippen molar-refractivity contribution >= 4 is 11.8 Å². The molecule has 0 unspecified atom stereocenters. The van der Waals surface area contributed by atoms with E-state index in [4.69, 9.17) is 14.9 Å². The zero-order valence-electron chi connectivity index (χ0n) is 11.2. The number of carbonyl (C=O) groups excluding carboxylic acids is 1. The molecule has 20 heavy (non-hydrogen) atoms. The summed E-state index contributed by atoms with van der Waals surface area (Å²) in [6.07, 6.45) is 2.87. The maximum Gasteiger partial charge on any atom is 0.308 e. The molecule has 0 bridgehead atoms. The highest BCUT2D eigenvalue weighted by Crippen LogP contribution is 2.29. The quantitative estimate of drug-likeness (QED) is 0.394. The van der Waals surface area contributed by atoms with Crippen LogP contribution in [0.4, 0.5) is 0 Å². The van der Waals surface area contributed by atoms with Gasteiger partial charge in [-0.25, -0.2) is 0 Å². The summed E-state index contributed by atoms with van der Waals surface area (Å²) in [5, 5.41) is 15.4. The van der Waals surface area contributed by atoms with Crippen LogP contribution in [0.25, 0.3) is 0 Å². The molecular formula is C13H14N4O3. The van der Waals surface area contributed by atoms with Gasteiger partial charge in [0.1, 0.15) is 18.5 Å². The molecular weight excluding hydrogens is 260 g/mol. The van der Waals surface area contributed by atoms with E-state index in [0.29, 0.717) is 23.7 Å². The van der Waals surface area contributed by atoms with E-state index in [2.05, 4.69) is 10.2 Å². The number of nitrogens with one attached hydrogen (secondary N) is 1. The predicted octanol–water partition coefficient (Wildman–Crippen LogP) is 1.48. The number of hydrogen-bond donors (Lipinski definition) is 1. The highest BCUT2D eigenvalue weighted by molar-refractivity contribution is 5.98. The molecule has 2 rings (SSSR count). The van der Waals surface area contributed by atoms with Crippen LogP contribution in [-0.4, -0.2) is 33.2 Å². The van der Waals surface area contributed by atoms with Gasteiger partial charge in [0, 0.05) is 12.5 Å². The number of rotatable bonds is 4. The van der Waals surface area contributed by atoms with E-state index < -0.39 is 5.97 Å². The Balaban J connectivity index is 2.34. The Morgan fingerprint density at radius 2 is 2.00 bits per heavy atom. The van der Waals surface area contributed by atoms with Gasteiger partial charge in [0.15, 0.2) is 11.5 Å². The summed E-state index contributed by atoms with van der Waals surface area (Å²) in [4.78, 5) is 11.0. The van der Waals surface area contributed by atoms with E-state index in [0.717, 1.165) is 0 Å². The molecule has 0 aliphatic heterocycles. The number of ether oxygens (including phenoxy) is 2. The molecule has 0 aliphatic carbocycles. The average molecular weight is 274 g/mol. The van der Waals surface area contributed by atoms with Crippen molar-refractivity contribution in [3.63, 3.8) is 0 Å². The van der Waals surface area contributed by atoms with Gasteiger partial charge in [0.05, 0.1) is 6.61 Å². The summed E-state index contributed by atoms with van der Waals surface area (Å²) in [6, 6.07) is 4.91. The highest BCUT2D eigenvalue weighted by atomic mass is 16.6. The lowest BCUT2D eigenvalue weighted by molar-refractivity contribution is -0.132. The maximum absolute atomic E-state index is 11.0. The van der Waals surface area contributed by atoms with Crippen molar-refractivity contribution in [2.24, 2.45) is 0 Å². The first kappa shape index (κ1) is 13.7. The van der Waals surface area contributed by atoms with Crippen LogP contribution in [0, 0.1) is 5.41 Å². The molecule has 0 fully saturated rings. The number of benzene rings is 1. The third kappa shape index (κ3) is 3.00. The van der Waals surface area contributed by atoms with Gasteiger partial charge in [-0.2, -0.15) is 0 Å². The molecule has 0 aliphatic rings. The Kier molecular flexibility index (Phi) is 4.09. The largest absolute Gasteiger partial charge is 0.490 e. The fourth-order valence-corrected chi connectivity index (χ4v) is 1.63. The Labute approximate surface area is 115 Å². The molecule has 104 valence electrons. The van der Waals surface area contributed by atoms with E-state index in [9.17, 15) is 4.79 Å². The van der Waals surface area contributed by atoms with Crippen molar-refractivity contribution < 1.29 is 14.3 Å². The van der Waals surface area contributed by atoms with Crippen LogP contribution in [0.3, 0.4) is 0 Å². The smallest absolute Gasteiger partial charge is 0.308 e. The van der Waals surface area contributed by atoms with E-state index in [1.807, 2.05) is 6.92 Å². The molecule has 7 nitrogen and oxygen atoms in total. The summed E-state index contributed by atoms with van der Waals surface area (Å²) >= 11 is 0. The minimum absolute atomic E-state index is 0.199. The van der Waals surface area contributed by atoms with Gasteiger partial charge in [-0.3, -0.25) is 14.8 Å². The molecule has 0 saturated heterocycles. The predicted molar refractivity (Wildman–Crippen MR) is 71.2 cm³/mol. The third-order valence-electron chi connectivity index (χ3n) is 2.45. The lowest BCUT2D eigenvalue weighted by Crippen LogP contribution is -2.11. The van der Waals surface area contributed by atoms with Gasteiger partial charge in [-0.1, -0.05) is 0 Å². The van der Waals surface area contributed by atoms with Crippen molar-refractivity contribution in [1.29, 1.82) is 5.41 Å². The zero-order valence-corrected chi connectivity index (χ0v) is 11.2. The van der Waals surface area contributed by atoms with E-state index >= 15 is 0 Å². The second kappa shape index (κ2) is 5.96. The van der Waals surface area contributed by atoms with Crippen LogP contribution < -0.4 is 9.47 Å². The van der Waals surface area contributed by atoms with Crippen molar-refractivity contribution in [2.75, 3.05) is 6.61 Å². The summed E-state index contributed by atoms with van der Waals surface area (Å²) in [7, 11) is 0. The van der Waals surface area contributed by atoms with E-state index in [1.165, 1.54) is 24.1 Å². The van der Waals surface area contributed by atoms with Gasteiger partial charge in [0.2, 0.25) is 0 Å². The summed E-state index contributed by atoms with van der Waals surface area (Å²) < 4.78 is 12.0. The molecule has 1 heterocycles. The fourth-order valence-electron chi connectivity index (χ4n) is 1.63. The summed E-state index contributed by atoms with van der Waals surface area (Å²) in [5.74, 6) is 0.524. The first-order valence-electron chi connectivity index (χ1n) is 6.01. The average Bonchev–Trinajstić information content (AvgIpc) is 2.93. The molecule has 7 heteroatoms. The molecule has 1 aromatic carbocycles. The number of nitrogens with zero attached hydrogens (tertiary/aromatic N) is 3. The number of aromatic nitrogens is 3. The van der Waals surface area contributed by atoms with Crippen LogP contribution in [0.5, 0.6) is 11.5 Å². The standard InChI is InChI=1S/C13H14N4O3/c1-3-19-12-6-10(4-5-11(12)20-9(2)18)13(14)17-7-15-16-8-17/h4-8,14H,3H2,1-2H3. The molecule has 0 spiro atoms. The molecule has 0 amide bonds. The highest BCUT2D eigenvalue weighted by Gasteiger charge is 2.12. The second-order valence-electron chi connectivity index (χ2n) is 3.91. The van der Waals surface area contributed by atoms with E-state index in [1.54, 1.807) is 18.2 Å². The van der Waals surface area contributed by atoms with Gasteiger partial charge in [-0.15, -0.1) is 10.2 Å². The number of carbonyl (C=O) groups is 1. The van der Waals surface area contributed by atoms with Crippen LogP contribution in [0.15, 0.2) is 30.9 Å². The molecule has 2 aromatic rings. The number of esters is 1. The Hall–Kier alpha value is -2.70. The lowest BCUT2D eigenvalue weighted by atomic mass is 10.2. The lowest BCUT2D eigenvalue weighted by Gasteiger charge is -2.12. The molecule has 0 saturated carbocycles. The first-order valence-corrected chi connectivity index (χ1v) is 6.01. The van der Waals surface area contributed by atoms with Crippen molar-refractivity contribution in [3.05, 3.63) is 36.4 Å². The van der Waals surface area contributed by atoms with Crippen LogP contribution in [0.2, 0.25) is 0 Å². The normalized spacial score (nSPS) is 10.1. The molecule has 0 atom stereocenters. The Morgan fingerprint density at radius 3 is 2.60 bits per heavy atom. The van der Waals surface area contributed by atoms with Gasteiger partial charge in [-0.05, 0) is 25.1 Å². The monoisotopic (exact) mass is 274 g/mol. The third-order valence-corrected chi connectivity index (χ3v) is 2.45. The molecule has 1 N–H and O–H groups in total. The molecule has 0 radical (unpaired) electrons. The molecule has 1 aromatic heterocycles. The Morgan fingerprint density at radius 1 is 1.30 bits per heavy atom. The zero-order chi connectivity index (χ0) is 14.5. The van der Waals surface area contributed by atoms with Crippen LogP contribution in [0.1, 0.15) is 19.4 Å². The van der Waals surface area contributed by atoms with Crippen molar-refractivity contribution in [3.8, 4) is 11.5 Å².